The van der Waals surface area contributed by atoms with Crippen LogP contribution in [0.15, 0.2) is 17.2 Å². The molecule has 1 aliphatic heterocycles. The molecule has 1 aliphatic rings. The van der Waals surface area contributed by atoms with Gasteiger partial charge in [0.1, 0.15) is 0 Å². The second-order valence-corrected chi connectivity index (χ2v) is 4.30. The van der Waals surface area contributed by atoms with Crippen LogP contribution in [0, 0.1) is 0 Å². The highest BCUT2D eigenvalue weighted by Crippen LogP contribution is 2.13. The highest BCUT2D eigenvalue weighted by molar-refractivity contribution is 5.38. The first kappa shape index (κ1) is 12.1. The number of nitrogens with zero attached hydrogens (tertiary/aromatic N) is 3. The summed E-state index contributed by atoms with van der Waals surface area (Å²) in [6, 6.07) is 0.372. The average Bonchev–Trinajstić information content (AvgIpc) is 2.39. The summed E-state index contributed by atoms with van der Waals surface area (Å²) in [5.41, 5.74) is 0.0235. The van der Waals surface area contributed by atoms with E-state index in [4.69, 9.17) is 0 Å². The standard InChI is InChI=1S/C12H20N4O/c1-3-10-9-13-5-8-16(10)11-12(17)15(4-2)7-6-14-11/h6-7,10,13H,3-5,8-9H2,1-2H3. The van der Waals surface area contributed by atoms with E-state index in [9.17, 15) is 4.79 Å². The van der Waals surface area contributed by atoms with Crippen molar-refractivity contribution in [2.75, 3.05) is 24.5 Å². The van der Waals surface area contributed by atoms with Gasteiger partial charge in [0.15, 0.2) is 5.82 Å². The summed E-state index contributed by atoms with van der Waals surface area (Å²) in [6.07, 6.45) is 4.49. The molecule has 5 nitrogen and oxygen atoms in total. The van der Waals surface area contributed by atoms with Crippen LogP contribution in [0.1, 0.15) is 20.3 Å². The third kappa shape index (κ3) is 2.34. The number of hydrogen-bond donors (Lipinski definition) is 1. The molecule has 1 fully saturated rings. The molecule has 1 unspecified atom stereocenters. The Morgan fingerprint density at radius 1 is 1.53 bits per heavy atom. The summed E-state index contributed by atoms with van der Waals surface area (Å²) in [7, 11) is 0. The first-order valence-electron chi connectivity index (χ1n) is 6.30. The van der Waals surface area contributed by atoms with Gasteiger partial charge in [-0.25, -0.2) is 4.98 Å². The second kappa shape index (κ2) is 5.31. The van der Waals surface area contributed by atoms with E-state index in [1.165, 1.54) is 0 Å². The van der Waals surface area contributed by atoms with Crippen LogP contribution in [-0.4, -0.2) is 35.2 Å². The molecule has 1 N–H and O–H groups in total. The Balaban J connectivity index is 2.35. The van der Waals surface area contributed by atoms with Crippen molar-refractivity contribution in [1.82, 2.24) is 14.9 Å². The Kier molecular flexibility index (Phi) is 3.78. The molecule has 0 aliphatic carbocycles. The minimum atomic E-state index is 0.0235. The molecule has 17 heavy (non-hydrogen) atoms. The monoisotopic (exact) mass is 236 g/mol. The second-order valence-electron chi connectivity index (χ2n) is 4.30. The van der Waals surface area contributed by atoms with Gasteiger partial charge >= 0.3 is 0 Å². The molecule has 0 amide bonds. The van der Waals surface area contributed by atoms with Crippen molar-refractivity contribution in [2.24, 2.45) is 0 Å². The van der Waals surface area contributed by atoms with Gasteiger partial charge in [-0.05, 0) is 13.3 Å². The SMILES string of the molecule is CCC1CNCCN1c1nccn(CC)c1=O. The lowest BCUT2D eigenvalue weighted by Crippen LogP contribution is -2.53. The van der Waals surface area contributed by atoms with Gasteiger partial charge in [0.05, 0.1) is 0 Å². The van der Waals surface area contributed by atoms with Crippen molar-refractivity contribution in [3.8, 4) is 0 Å². The van der Waals surface area contributed by atoms with Gasteiger partial charge in [0.2, 0.25) is 0 Å². The van der Waals surface area contributed by atoms with Crippen LogP contribution in [0.25, 0.3) is 0 Å². The Morgan fingerprint density at radius 3 is 3.06 bits per heavy atom. The topological polar surface area (TPSA) is 50.2 Å². The molecule has 0 spiro atoms. The van der Waals surface area contributed by atoms with Crippen LogP contribution in [-0.2, 0) is 6.54 Å². The van der Waals surface area contributed by atoms with Gasteiger partial charge < -0.3 is 14.8 Å². The van der Waals surface area contributed by atoms with Gasteiger partial charge in [-0.3, -0.25) is 4.79 Å². The summed E-state index contributed by atoms with van der Waals surface area (Å²) in [6.45, 7) is 7.51. The van der Waals surface area contributed by atoms with Gasteiger partial charge in [-0.1, -0.05) is 6.92 Å². The van der Waals surface area contributed by atoms with E-state index >= 15 is 0 Å². The lowest BCUT2D eigenvalue weighted by Gasteiger charge is -2.36. The molecule has 1 atom stereocenters. The van der Waals surface area contributed by atoms with Crippen LogP contribution in [0.2, 0.25) is 0 Å². The van der Waals surface area contributed by atoms with Gasteiger partial charge in [0, 0.05) is 44.6 Å². The summed E-state index contributed by atoms with van der Waals surface area (Å²) >= 11 is 0. The summed E-state index contributed by atoms with van der Waals surface area (Å²) in [5, 5.41) is 3.36. The van der Waals surface area contributed by atoms with Crippen molar-refractivity contribution in [1.29, 1.82) is 0 Å². The molecule has 0 radical (unpaired) electrons. The van der Waals surface area contributed by atoms with E-state index in [1.807, 2.05) is 6.92 Å². The van der Waals surface area contributed by atoms with Gasteiger partial charge in [-0.15, -0.1) is 0 Å². The van der Waals surface area contributed by atoms with Crippen LogP contribution in [0.3, 0.4) is 0 Å². The minimum Gasteiger partial charge on any atom is -0.346 e. The highest BCUT2D eigenvalue weighted by atomic mass is 16.1. The third-order valence-electron chi connectivity index (χ3n) is 3.33. The average molecular weight is 236 g/mol. The van der Waals surface area contributed by atoms with E-state index in [1.54, 1.807) is 17.0 Å². The molecule has 94 valence electrons. The van der Waals surface area contributed by atoms with Crippen LogP contribution >= 0.6 is 0 Å². The van der Waals surface area contributed by atoms with Gasteiger partial charge in [-0.2, -0.15) is 0 Å². The van der Waals surface area contributed by atoms with Crippen molar-refractivity contribution in [2.45, 2.75) is 32.9 Å². The van der Waals surface area contributed by atoms with Crippen LogP contribution in [0.4, 0.5) is 5.82 Å². The number of aromatic nitrogens is 2. The zero-order chi connectivity index (χ0) is 12.3. The van der Waals surface area contributed by atoms with E-state index in [-0.39, 0.29) is 5.56 Å². The molecule has 1 saturated heterocycles. The van der Waals surface area contributed by atoms with Crippen molar-refractivity contribution >= 4 is 5.82 Å². The summed E-state index contributed by atoms with van der Waals surface area (Å²) in [4.78, 5) is 18.6. The van der Waals surface area contributed by atoms with E-state index in [2.05, 4.69) is 22.1 Å². The fourth-order valence-electron chi connectivity index (χ4n) is 2.29. The fraction of sp³-hybridized carbons (Fsp3) is 0.667. The lowest BCUT2D eigenvalue weighted by molar-refractivity contribution is 0.460. The molecule has 0 saturated carbocycles. The van der Waals surface area contributed by atoms with Crippen molar-refractivity contribution in [3.05, 3.63) is 22.7 Å². The number of aryl methyl sites for hydroxylation is 1. The van der Waals surface area contributed by atoms with E-state index < -0.39 is 0 Å². The smallest absolute Gasteiger partial charge is 0.293 e. The molecule has 1 aromatic rings. The molecular weight excluding hydrogens is 216 g/mol. The Bertz CT molecular complexity index is 429. The number of nitrogens with one attached hydrogen (secondary N) is 1. The number of hydrogen-bond acceptors (Lipinski definition) is 4. The van der Waals surface area contributed by atoms with Crippen LogP contribution in [0.5, 0.6) is 0 Å². The minimum absolute atomic E-state index is 0.0235. The Morgan fingerprint density at radius 2 is 2.35 bits per heavy atom. The maximum absolute atomic E-state index is 12.2. The number of piperazine rings is 1. The highest BCUT2D eigenvalue weighted by Gasteiger charge is 2.24. The molecule has 1 aromatic heterocycles. The molecule has 0 aromatic carbocycles. The van der Waals surface area contributed by atoms with Crippen LogP contribution < -0.4 is 15.8 Å². The Hall–Kier alpha value is -1.36. The summed E-state index contributed by atoms with van der Waals surface area (Å²) in [5.74, 6) is 0.600. The van der Waals surface area contributed by atoms with Gasteiger partial charge in [0.25, 0.3) is 5.56 Å². The third-order valence-corrected chi connectivity index (χ3v) is 3.33. The molecular formula is C12H20N4O. The fourth-order valence-corrected chi connectivity index (χ4v) is 2.29. The zero-order valence-corrected chi connectivity index (χ0v) is 10.5. The normalized spacial score (nSPS) is 20.6. The first-order valence-corrected chi connectivity index (χ1v) is 6.30. The number of anilines is 1. The molecule has 0 bridgehead atoms. The molecule has 2 rings (SSSR count). The maximum Gasteiger partial charge on any atom is 0.293 e. The van der Waals surface area contributed by atoms with Crippen molar-refractivity contribution < 1.29 is 0 Å². The number of rotatable bonds is 3. The predicted molar refractivity (Wildman–Crippen MR) is 68.5 cm³/mol. The molecule has 2 heterocycles. The maximum atomic E-state index is 12.2. The van der Waals surface area contributed by atoms with Crippen molar-refractivity contribution in [3.63, 3.8) is 0 Å². The van der Waals surface area contributed by atoms with E-state index in [0.717, 1.165) is 26.1 Å². The predicted octanol–water partition coefficient (Wildman–Crippen LogP) is 0.451. The first-order chi connectivity index (χ1) is 8.27. The molecule has 5 heteroatoms. The van der Waals surface area contributed by atoms with E-state index in [0.29, 0.717) is 18.4 Å². The lowest BCUT2D eigenvalue weighted by atomic mass is 10.1. The quantitative estimate of drug-likeness (QED) is 0.828. The largest absolute Gasteiger partial charge is 0.346 e. The zero-order valence-electron chi connectivity index (χ0n) is 10.5. The summed E-state index contributed by atoms with van der Waals surface area (Å²) < 4.78 is 1.71. The Labute approximate surface area is 101 Å².